The third-order valence-electron chi connectivity index (χ3n) is 7.07. The summed E-state index contributed by atoms with van der Waals surface area (Å²) in [6.07, 6.45) is -1.56. The van der Waals surface area contributed by atoms with Crippen molar-refractivity contribution in [3.63, 3.8) is 0 Å². The van der Waals surface area contributed by atoms with Gasteiger partial charge in [-0.1, -0.05) is 55.3 Å². The zero-order chi connectivity index (χ0) is 28.5. The number of carbonyl (C=O) groups is 1. The summed E-state index contributed by atoms with van der Waals surface area (Å²) in [5.74, 6) is -1.42. The van der Waals surface area contributed by atoms with E-state index in [9.17, 15) is 28.3 Å². The van der Waals surface area contributed by atoms with Crippen LogP contribution in [0.5, 0.6) is 0 Å². The van der Waals surface area contributed by atoms with E-state index < -0.39 is 34.9 Å². The lowest BCUT2D eigenvalue weighted by Gasteiger charge is -2.31. The molecular formula is C30H24F4N4O2. The maximum atomic E-state index is 15.5. The van der Waals surface area contributed by atoms with Gasteiger partial charge >= 0.3 is 6.18 Å². The number of alkyl halides is 3. The standard InChI is InChI=1S/C30H24F4N4O2/c31-24-12-11-22(29(40,14-13-19-9-10-19)21-6-2-1-3-7-21)16-26(24)38(23-8-4-5-20(15-23)18-35)28(39)25-17-27(37-36-25)30(32,33)34/h1-8,11-12,15-17,19,40H,9-10,13-14H2,(H,36,37). The first-order valence-electron chi connectivity index (χ1n) is 12.7. The van der Waals surface area contributed by atoms with Crippen LogP contribution in [0.4, 0.5) is 28.9 Å². The normalized spacial score (nSPS) is 14.8. The molecule has 5 rings (SSSR count). The monoisotopic (exact) mass is 548 g/mol. The molecule has 0 saturated heterocycles. The van der Waals surface area contributed by atoms with Gasteiger partial charge in [0, 0.05) is 6.07 Å². The van der Waals surface area contributed by atoms with Crippen molar-refractivity contribution in [1.82, 2.24) is 10.2 Å². The molecule has 0 bridgehead atoms. The number of anilines is 2. The predicted molar refractivity (Wildman–Crippen MR) is 139 cm³/mol. The molecule has 0 spiro atoms. The summed E-state index contributed by atoms with van der Waals surface area (Å²) >= 11 is 0. The van der Waals surface area contributed by atoms with Crippen molar-refractivity contribution in [3.05, 3.63) is 113 Å². The Morgan fingerprint density at radius 2 is 1.77 bits per heavy atom. The minimum absolute atomic E-state index is 0.0397. The number of nitriles is 1. The van der Waals surface area contributed by atoms with Gasteiger partial charge in [0.05, 0.1) is 23.0 Å². The lowest BCUT2D eigenvalue weighted by molar-refractivity contribution is -0.141. The number of aliphatic hydroxyl groups is 1. The van der Waals surface area contributed by atoms with E-state index in [-0.39, 0.29) is 16.9 Å². The van der Waals surface area contributed by atoms with Gasteiger partial charge in [-0.2, -0.15) is 23.5 Å². The molecular weight excluding hydrogens is 524 g/mol. The summed E-state index contributed by atoms with van der Waals surface area (Å²) in [5.41, 5.74) is -2.60. The number of amides is 1. The molecule has 1 aliphatic rings. The summed E-state index contributed by atoms with van der Waals surface area (Å²) in [5, 5.41) is 26.7. The minimum atomic E-state index is -4.78. The second-order valence-corrected chi connectivity index (χ2v) is 9.84. The van der Waals surface area contributed by atoms with E-state index in [1.807, 2.05) is 12.1 Å². The zero-order valence-electron chi connectivity index (χ0n) is 21.1. The van der Waals surface area contributed by atoms with Gasteiger partial charge in [0.15, 0.2) is 5.69 Å². The maximum Gasteiger partial charge on any atom is 0.432 e. The summed E-state index contributed by atoms with van der Waals surface area (Å²) in [6.45, 7) is 0. The van der Waals surface area contributed by atoms with Gasteiger partial charge in [0.2, 0.25) is 0 Å². The van der Waals surface area contributed by atoms with Crippen LogP contribution in [0.25, 0.3) is 0 Å². The molecule has 6 nitrogen and oxygen atoms in total. The van der Waals surface area contributed by atoms with Gasteiger partial charge in [-0.05, 0) is 60.2 Å². The van der Waals surface area contributed by atoms with Gasteiger partial charge in [-0.15, -0.1) is 0 Å². The molecule has 40 heavy (non-hydrogen) atoms. The first-order chi connectivity index (χ1) is 19.1. The highest BCUT2D eigenvalue weighted by molar-refractivity contribution is 6.10. The summed E-state index contributed by atoms with van der Waals surface area (Å²) in [4.78, 5) is 14.5. The van der Waals surface area contributed by atoms with Crippen molar-refractivity contribution in [2.24, 2.45) is 5.92 Å². The molecule has 1 aromatic heterocycles. The summed E-state index contributed by atoms with van der Waals surface area (Å²) in [6, 6.07) is 20.9. The third-order valence-corrected chi connectivity index (χ3v) is 7.07. The predicted octanol–water partition coefficient (Wildman–Crippen LogP) is 6.84. The minimum Gasteiger partial charge on any atom is -0.380 e. The van der Waals surface area contributed by atoms with Gasteiger partial charge in [-0.25, -0.2) is 4.39 Å². The Morgan fingerprint density at radius 3 is 2.42 bits per heavy atom. The molecule has 1 fully saturated rings. The number of aromatic nitrogens is 2. The van der Waals surface area contributed by atoms with E-state index in [1.54, 1.807) is 29.4 Å². The first-order valence-corrected chi connectivity index (χ1v) is 12.7. The number of halogens is 4. The molecule has 4 aromatic rings. The van der Waals surface area contributed by atoms with E-state index in [0.717, 1.165) is 30.2 Å². The molecule has 1 atom stereocenters. The fourth-order valence-electron chi connectivity index (χ4n) is 4.70. The smallest absolute Gasteiger partial charge is 0.380 e. The van der Waals surface area contributed by atoms with Crippen molar-refractivity contribution in [2.75, 3.05) is 4.90 Å². The highest BCUT2D eigenvalue weighted by atomic mass is 19.4. The molecule has 1 unspecified atom stereocenters. The number of hydrogen-bond donors (Lipinski definition) is 2. The maximum absolute atomic E-state index is 15.5. The Kier molecular flexibility index (Phi) is 7.17. The second kappa shape index (κ2) is 10.6. The number of H-pyrrole nitrogens is 1. The lowest BCUT2D eigenvalue weighted by atomic mass is 9.81. The Balaban J connectivity index is 1.65. The third kappa shape index (κ3) is 5.46. The number of aromatic amines is 1. The van der Waals surface area contributed by atoms with Crippen LogP contribution in [0.3, 0.4) is 0 Å². The Morgan fingerprint density at radius 1 is 1.02 bits per heavy atom. The number of hydrogen-bond acceptors (Lipinski definition) is 4. The number of rotatable bonds is 8. The van der Waals surface area contributed by atoms with Crippen molar-refractivity contribution >= 4 is 17.3 Å². The summed E-state index contributed by atoms with van der Waals surface area (Å²) < 4.78 is 55.2. The van der Waals surface area contributed by atoms with E-state index in [2.05, 4.69) is 5.10 Å². The molecule has 10 heteroatoms. The van der Waals surface area contributed by atoms with Crippen molar-refractivity contribution in [1.29, 1.82) is 5.26 Å². The van der Waals surface area contributed by atoms with Crippen molar-refractivity contribution in [3.8, 4) is 6.07 Å². The van der Waals surface area contributed by atoms with Crippen LogP contribution < -0.4 is 4.90 Å². The Hall–Kier alpha value is -4.49. The van der Waals surface area contributed by atoms with E-state index >= 15 is 4.39 Å². The summed E-state index contributed by atoms with van der Waals surface area (Å²) in [7, 11) is 0. The van der Waals surface area contributed by atoms with Crippen LogP contribution >= 0.6 is 0 Å². The molecule has 3 aromatic carbocycles. The number of carbonyl (C=O) groups excluding carboxylic acids is 1. The largest absolute Gasteiger partial charge is 0.432 e. The highest BCUT2D eigenvalue weighted by Gasteiger charge is 2.37. The van der Waals surface area contributed by atoms with E-state index in [1.165, 1.54) is 36.4 Å². The fraction of sp³-hybridized carbons (Fsp3) is 0.233. The van der Waals surface area contributed by atoms with E-state index in [4.69, 9.17) is 0 Å². The molecule has 1 saturated carbocycles. The average Bonchev–Trinajstić information content (AvgIpc) is 3.64. The Bertz CT molecular complexity index is 1570. The van der Waals surface area contributed by atoms with Crippen LogP contribution in [-0.4, -0.2) is 21.2 Å². The Labute approximate surface area is 227 Å². The van der Waals surface area contributed by atoms with Gasteiger partial charge in [-0.3, -0.25) is 14.8 Å². The van der Waals surface area contributed by atoms with Gasteiger partial charge in [0.1, 0.15) is 17.1 Å². The van der Waals surface area contributed by atoms with Crippen LogP contribution in [0.15, 0.2) is 78.9 Å². The molecule has 1 amide bonds. The second-order valence-electron chi connectivity index (χ2n) is 9.84. The SMILES string of the molecule is N#Cc1cccc(N(C(=O)c2cc(C(F)(F)F)[nH]n2)c2cc(C(O)(CCC3CC3)c3ccccc3)ccc2F)c1. The topological polar surface area (TPSA) is 93.0 Å². The van der Waals surface area contributed by atoms with Gasteiger partial charge < -0.3 is 5.11 Å². The molecule has 204 valence electrons. The number of nitrogens with zero attached hydrogens (tertiary/aromatic N) is 3. The van der Waals surface area contributed by atoms with Crippen molar-refractivity contribution in [2.45, 2.75) is 37.5 Å². The quantitative estimate of drug-likeness (QED) is 0.236. The zero-order valence-corrected chi connectivity index (χ0v) is 21.1. The molecule has 0 radical (unpaired) electrons. The fourth-order valence-corrected chi connectivity index (χ4v) is 4.70. The van der Waals surface area contributed by atoms with E-state index in [0.29, 0.717) is 29.5 Å². The average molecular weight is 549 g/mol. The van der Waals surface area contributed by atoms with Crippen molar-refractivity contribution < 1.29 is 27.5 Å². The lowest BCUT2D eigenvalue weighted by Crippen LogP contribution is -2.30. The van der Waals surface area contributed by atoms with Crippen LogP contribution in [-0.2, 0) is 11.8 Å². The highest BCUT2D eigenvalue weighted by Crippen LogP contribution is 2.43. The van der Waals surface area contributed by atoms with Crippen LogP contribution in [0.2, 0.25) is 0 Å². The van der Waals surface area contributed by atoms with Gasteiger partial charge in [0.25, 0.3) is 5.91 Å². The van der Waals surface area contributed by atoms with Crippen LogP contribution in [0.1, 0.15) is 58.6 Å². The molecule has 0 aliphatic heterocycles. The molecule has 1 aliphatic carbocycles. The van der Waals surface area contributed by atoms with Crippen LogP contribution in [0, 0.1) is 23.1 Å². The molecule has 2 N–H and O–H groups in total. The molecule has 1 heterocycles. The first kappa shape index (κ1) is 27.1. The number of nitrogens with one attached hydrogen (secondary N) is 1. The number of benzene rings is 3.